The number of nitrogens with zero attached hydrogens (tertiary/aromatic N) is 5. The Kier molecular flexibility index (Phi) is 6.42. The number of piperidine rings is 1. The van der Waals surface area contributed by atoms with Crippen LogP contribution in [0.1, 0.15) is 47.5 Å². The molecule has 1 aliphatic rings. The van der Waals surface area contributed by atoms with Crippen LogP contribution >= 0.6 is 11.8 Å². The van der Waals surface area contributed by atoms with Crippen LogP contribution in [0, 0.1) is 5.92 Å². The van der Waals surface area contributed by atoms with Crippen LogP contribution in [0.25, 0.3) is 0 Å². The average molecular weight is 369 g/mol. The third-order valence-corrected chi connectivity index (χ3v) is 5.15. The maximum Gasteiger partial charge on any atom is 0.309 e. The van der Waals surface area contributed by atoms with Crippen LogP contribution in [0.2, 0.25) is 0 Å². The molecule has 1 unspecified atom stereocenters. The van der Waals surface area contributed by atoms with E-state index < -0.39 is 0 Å². The van der Waals surface area contributed by atoms with Gasteiger partial charge in [0.15, 0.2) is 0 Å². The molecule has 0 radical (unpaired) electrons. The van der Waals surface area contributed by atoms with Crippen LogP contribution in [0.15, 0.2) is 5.16 Å². The van der Waals surface area contributed by atoms with Gasteiger partial charge < -0.3 is 9.64 Å². The van der Waals surface area contributed by atoms with Crippen molar-refractivity contribution in [3.8, 4) is 0 Å². The smallest absolute Gasteiger partial charge is 0.309 e. The first kappa shape index (κ1) is 19.7. The van der Waals surface area contributed by atoms with Gasteiger partial charge in [-0.25, -0.2) is 4.68 Å². The fraction of sp³-hybridized carbons (Fsp3) is 0.812. The fourth-order valence-electron chi connectivity index (χ4n) is 2.73. The van der Waals surface area contributed by atoms with Crippen LogP contribution in [0.3, 0.4) is 0 Å². The van der Waals surface area contributed by atoms with E-state index in [4.69, 9.17) is 4.74 Å². The summed E-state index contributed by atoms with van der Waals surface area (Å²) in [4.78, 5) is 26.3. The van der Waals surface area contributed by atoms with Gasteiger partial charge in [0.1, 0.15) is 0 Å². The highest BCUT2D eigenvalue weighted by atomic mass is 32.2. The van der Waals surface area contributed by atoms with Gasteiger partial charge in [-0.05, 0) is 57.9 Å². The van der Waals surface area contributed by atoms with Gasteiger partial charge in [0.25, 0.3) is 0 Å². The first-order valence-corrected chi connectivity index (χ1v) is 9.53. The Morgan fingerprint density at radius 2 is 1.96 bits per heavy atom. The van der Waals surface area contributed by atoms with Crippen molar-refractivity contribution in [2.24, 2.45) is 5.92 Å². The molecule has 1 aromatic rings. The molecule has 0 N–H and O–H groups in total. The number of esters is 1. The van der Waals surface area contributed by atoms with E-state index in [2.05, 4.69) is 15.5 Å². The fourth-order valence-corrected chi connectivity index (χ4v) is 3.79. The Labute approximate surface area is 152 Å². The molecule has 0 aliphatic carbocycles. The molecule has 0 spiro atoms. The van der Waals surface area contributed by atoms with Crippen LogP contribution in [-0.2, 0) is 19.9 Å². The number of amides is 1. The zero-order valence-electron chi connectivity index (χ0n) is 15.6. The highest BCUT2D eigenvalue weighted by Gasteiger charge is 2.31. The largest absolute Gasteiger partial charge is 0.466 e. The molecule has 1 saturated heterocycles. The zero-order chi connectivity index (χ0) is 18.6. The van der Waals surface area contributed by atoms with Gasteiger partial charge in [-0.3, -0.25) is 9.59 Å². The molecule has 25 heavy (non-hydrogen) atoms. The summed E-state index contributed by atoms with van der Waals surface area (Å²) in [5, 5.41) is 12.1. The summed E-state index contributed by atoms with van der Waals surface area (Å²) in [6.45, 7) is 11.3. The second-order valence-electron chi connectivity index (χ2n) is 7.16. The summed E-state index contributed by atoms with van der Waals surface area (Å²) in [6.07, 6.45) is 1.31. The first-order chi connectivity index (χ1) is 11.7. The lowest BCUT2D eigenvalue weighted by Gasteiger charge is -2.32. The number of likely N-dealkylation sites (tertiary alicyclic amines) is 1. The highest BCUT2D eigenvalue weighted by Crippen LogP contribution is 2.27. The molecular formula is C16H27N5O3S. The molecule has 1 amide bonds. The van der Waals surface area contributed by atoms with Crippen LogP contribution in [0.4, 0.5) is 0 Å². The molecule has 1 fully saturated rings. The van der Waals surface area contributed by atoms with Gasteiger partial charge in [0, 0.05) is 13.1 Å². The molecule has 9 heteroatoms. The van der Waals surface area contributed by atoms with E-state index in [0.717, 1.165) is 0 Å². The predicted molar refractivity (Wildman–Crippen MR) is 94.1 cm³/mol. The van der Waals surface area contributed by atoms with Crippen molar-refractivity contribution in [1.82, 2.24) is 25.1 Å². The van der Waals surface area contributed by atoms with Gasteiger partial charge in [0.2, 0.25) is 11.1 Å². The van der Waals surface area contributed by atoms with E-state index in [-0.39, 0.29) is 28.6 Å². The maximum atomic E-state index is 12.7. The number of carbonyl (C=O) groups excluding carboxylic acids is 2. The molecule has 8 nitrogen and oxygen atoms in total. The zero-order valence-corrected chi connectivity index (χ0v) is 16.4. The van der Waals surface area contributed by atoms with Crippen molar-refractivity contribution < 1.29 is 14.3 Å². The predicted octanol–water partition coefficient (Wildman–Crippen LogP) is 1.71. The molecule has 2 rings (SSSR count). The van der Waals surface area contributed by atoms with Gasteiger partial charge in [-0.2, -0.15) is 0 Å². The van der Waals surface area contributed by atoms with Crippen LogP contribution < -0.4 is 0 Å². The lowest BCUT2D eigenvalue weighted by molar-refractivity contribution is -0.151. The molecule has 1 aromatic heterocycles. The monoisotopic (exact) mass is 369 g/mol. The molecule has 0 aromatic carbocycles. The van der Waals surface area contributed by atoms with Crippen LogP contribution in [-0.4, -0.2) is 61.9 Å². The standard InChI is InChI=1S/C16H27N5O3S/c1-6-24-14(23)12-7-9-20(10-8-12)13(22)11(2)25-15-17-18-19-21(15)16(3,4)5/h11-12H,6-10H2,1-5H3. The van der Waals surface area contributed by atoms with Crippen LogP contribution in [0.5, 0.6) is 0 Å². The van der Waals surface area contributed by atoms with Gasteiger partial charge in [-0.1, -0.05) is 11.8 Å². The minimum atomic E-state index is -0.286. The quantitative estimate of drug-likeness (QED) is 0.576. The summed E-state index contributed by atoms with van der Waals surface area (Å²) >= 11 is 1.36. The number of aromatic nitrogens is 4. The third kappa shape index (κ3) is 4.93. The van der Waals surface area contributed by atoms with E-state index in [1.165, 1.54) is 11.8 Å². The van der Waals surface area contributed by atoms with Gasteiger partial charge in [0.05, 0.1) is 23.3 Å². The number of carbonyl (C=O) groups is 2. The van der Waals surface area contributed by atoms with Crippen molar-refractivity contribution in [2.45, 2.75) is 63.4 Å². The lowest BCUT2D eigenvalue weighted by atomic mass is 9.97. The SMILES string of the molecule is CCOC(=O)C1CCN(C(=O)C(C)Sc2nnnn2C(C)(C)C)CC1. The number of ether oxygens (including phenoxy) is 1. The number of hydrogen-bond acceptors (Lipinski definition) is 7. The summed E-state index contributed by atoms with van der Waals surface area (Å²) in [6, 6.07) is 0. The minimum absolute atomic E-state index is 0.0516. The first-order valence-electron chi connectivity index (χ1n) is 8.65. The van der Waals surface area contributed by atoms with Crippen molar-refractivity contribution in [1.29, 1.82) is 0 Å². The van der Waals surface area contributed by atoms with E-state index >= 15 is 0 Å². The molecule has 2 heterocycles. The van der Waals surface area contributed by atoms with E-state index in [9.17, 15) is 9.59 Å². The summed E-state index contributed by atoms with van der Waals surface area (Å²) in [5.74, 6) is -0.197. The number of rotatable bonds is 5. The third-order valence-electron chi connectivity index (χ3n) is 4.13. The highest BCUT2D eigenvalue weighted by molar-refractivity contribution is 8.00. The minimum Gasteiger partial charge on any atom is -0.466 e. The lowest BCUT2D eigenvalue weighted by Crippen LogP contribution is -2.43. The van der Waals surface area contributed by atoms with Crippen molar-refractivity contribution in [3.63, 3.8) is 0 Å². The Balaban J connectivity index is 1.91. The Bertz CT molecular complexity index is 605. The summed E-state index contributed by atoms with van der Waals surface area (Å²) in [5.41, 5.74) is -0.243. The normalized spacial score (nSPS) is 17.4. The van der Waals surface area contributed by atoms with Crippen molar-refractivity contribution in [3.05, 3.63) is 0 Å². The topological polar surface area (TPSA) is 90.2 Å². The average Bonchev–Trinajstić information content (AvgIpc) is 3.03. The van der Waals surface area contributed by atoms with E-state index in [0.29, 0.717) is 37.7 Å². The number of tetrazole rings is 1. The van der Waals surface area contributed by atoms with E-state index in [1.54, 1.807) is 11.6 Å². The van der Waals surface area contributed by atoms with Crippen molar-refractivity contribution >= 4 is 23.6 Å². The Morgan fingerprint density at radius 3 is 2.52 bits per heavy atom. The molecule has 1 aliphatic heterocycles. The Hall–Kier alpha value is -1.64. The summed E-state index contributed by atoms with van der Waals surface area (Å²) < 4.78 is 6.80. The van der Waals surface area contributed by atoms with Gasteiger partial charge in [-0.15, -0.1) is 5.10 Å². The second kappa shape index (κ2) is 8.16. The molecule has 1 atom stereocenters. The maximum absolute atomic E-state index is 12.7. The number of thioether (sulfide) groups is 1. The van der Waals surface area contributed by atoms with Crippen molar-refractivity contribution in [2.75, 3.05) is 19.7 Å². The number of hydrogen-bond donors (Lipinski definition) is 0. The van der Waals surface area contributed by atoms with E-state index in [1.807, 2.05) is 32.6 Å². The molecule has 140 valence electrons. The molecule has 0 bridgehead atoms. The molecular weight excluding hydrogens is 342 g/mol. The molecule has 0 saturated carbocycles. The van der Waals surface area contributed by atoms with Gasteiger partial charge >= 0.3 is 5.97 Å². The Morgan fingerprint density at radius 1 is 1.32 bits per heavy atom. The summed E-state index contributed by atoms with van der Waals surface area (Å²) in [7, 11) is 0. The second-order valence-corrected chi connectivity index (χ2v) is 8.46.